The van der Waals surface area contributed by atoms with E-state index in [2.05, 4.69) is 21.2 Å². The van der Waals surface area contributed by atoms with Crippen LogP contribution >= 0.6 is 27.5 Å². The molecule has 0 radical (unpaired) electrons. The largest absolute Gasteiger partial charge is 0.397 e. The van der Waals surface area contributed by atoms with Gasteiger partial charge in [0.2, 0.25) is 0 Å². The molecule has 2 aromatic rings. The fourth-order valence-corrected chi connectivity index (χ4v) is 2.20. The molecule has 3 nitrogen and oxygen atoms in total. The zero-order valence-corrected chi connectivity index (χ0v) is 11.6. The van der Waals surface area contributed by atoms with Gasteiger partial charge in [-0.25, -0.2) is 0 Å². The first-order valence-corrected chi connectivity index (χ1v) is 6.29. The number of hydrogen-bond acceptors (Lipinski definition) is 3. The van der Waals surface area contributed by atoms with Crippen LogP contribution in [0, 0.1) is 11.3 Å². The van der Waals surface area contributed by atoms with Gasteiger partial charge in [0.25, 0.3) is 0 Å². The highest BCUT2D eigenvalue weighted by Gasteiger charge is 2.04. The van der Waals surface area contributed by atoms with Gasteiger partial charge in [0.1, 0.15) is 0 Å². The van der Waals surface area contributed by atoms with Gasteiger partial charge < -0.3 is 11.1 Å². The van der Waals surface area contributed by atoms with Gasteiger partial charge in [0.05, 0.1) is 33.7 Å². The summed E-state index contributed by atoms with van der Waals surface area (Å²) in [5.74, 6) is 0. The highest BCUT2D eigenvalue weighted by atomic mass is 79.9. The molecule has 0 saturated heterocycles. The summed E-state index contributed by atoms with van der Waals surface area (Å²) >= 11 is 9.45. The van der Waals surface area contributed by atoms with E-state index in [1.165, 1.54) is 0 Å². The van der Waals surface area contributed by atoms with E-state index in [1.807, 2.05) is 18.2 Å². The minimum absolute atomic E-state index is 0.507. The van der Waals surface area contributed by atoms with Crippen LogP contribution in [-0.2, 0) is 0 Å². The molecule has 0 atom stereocenters. The van der Waals surface area contributed by atoms with Crippen molar-refractivity contribution in [2.45, 2.75) is 0 Å². The van der Waals surface area contributed by atoms with Crippen molar-refractivity contribution in [2.24, 2.45) is 0 Å². The predicted molar refractivity (Wildman–Crippen MR) is 78.0 cm³/mol. The van der Waals surface area contributed by atoms with Crippen LogP contribution < -0.4 is 11.1 Å². The normalized spacial score (nSPS) is 9.83. The van der Waals surface area contributed by atoms with Crippen LogP contribution in [0.15, 0.2) is 40.9 Å². The Morgan fingerprint density at radius 3 is 2.50 bits per heavy atom. The van der Waals surface area contributed by atoms with Gasteiger partial charge in [-0.3, -0.25) is 0 Å². The maximum absolute atomic E-state index is 8.77. The number of hydrogen-bond donors (Lipinski definition) is 2. The van der Waals surface area contributed by atoms with Crippen molar-refractivity contribution >= 4 is 44.6 Å². The molecule has 2 rings (SSSR count). The maximum Gasteiger partial charge on any atom is 0.0992 e. The Bertz CT molecular complexity index is 635. The minimum Gasteiger partial charge on any atom is -0.397 e. The monoisotopic (exact) mass is 321 g/mol. The first-order valence-electron chi connectivity index (χ1n) is 5.12. The quantitative estimate of drug-likeness (QED) is 0.810. The predicted octanol–water partition coefficient (Wildman–Crippen LogP) is 4.30. The van der Waals surface area contributed by atoms with Crippen molar-refractivity contribution < 1.29 is 0 Å². The molecule has 0 amide bonds. The molecular weight excluding hydrogens is 314 g/mol. The first-order chi connectivity index (χ1) is 8.60. The van der Waals surface area contributed by atoms with E-state index in [1.54, 1.807) is 24.3 Å². The fraction of sp³-hybridized carbons (Fsp3) is 0. The summed E-state index contributed by atoms with van der Waals surface area (Å²) in [4.78, 5) is 0. The number of nitrogens with zero attached hydrogens (tertiary/aromatic N) is 1. The third-order valence-electron chi connectivity index (χ3n) is 2.38. The lowest BCUT2D eigenvalue weighted by atomic mass is 10.2. The van der Waals surface area contributed by atoms with Gasteiger partial charge in [-0.15, -0.1) is 0 Å². The molecule has 0 spiro atoms. The summed E-state index contributed by atoms with van der Waals surface area (Å²) in [6.07, 6.45) is 0. The maximum atomic E-state index is 8.77. The van der Waals surface area contributed by atoms with E-state index in [9.17, 15) is 0 Å². The molecule has 0 aromatic heterocycles. The second kappa shape index (κ2) is 5.30. The molecule has 0 fully saturated rings. The Morgan fingerprint density at radius 1 is 1.17 bits per heavy atom. The Kier molecular flexibility index (Phi) is 3.75. The fourth-order valence-electron chi connectivity index (χ4n) is 1.48. The minimum atomic E-state index is 0.507. The molecule has 2 aromatic carbocycles. The smallest absolute Gasteiger partial charge is 0.0992 e. The van der Waals surface area contributed by atoms with E-state index in [0.29, 0.717) is 16.3 Å². The number of anilines is 3. The summed E-state index contributed by atoms with van der Waals surface area (Å²) < 4.78 is 0.908. The molecule has 5 heteroatoms. The number of rotatable bonds is 2. The summed E-state index contributed by atoms with van der Waals surface area (Å²) in [6.45, 7) is 0. The average Bonchev–Trinajstić information content (AvgIpc) is 2.34. The third kappa shape index (κ3) is 2.76. The molecular formula is C13H9BrClN3. The van der Waals surface area contributed by atoms with Gasteiger partial charge in [-0.05, 0) is 36.4 Å². The van der Waals surface area contributed by atoms with Crippen LogP contribution in [0.4, 0.5) is 17.1 Å². The van der Waals surface area contributed by atoms with Crippen molar-refractivity contribution in [3.63, 3.8) is 0 Å². The highest BCUT2D eigenvalue weighted by molar-refractivity contribution is 9.10. The summed E-state index contributed by atoms with van der Waals surface area (Å²) in [7, 11) is 0. The van der Waals surface area contributed by atoms with E-state index in [-0.39, 0.29) is 0 Å². The summed E-state index contributed by atoms with van der Waals surface area (Å²) in [5.41, 5.74) is 8.37. The zero-order valence-electron chi connectivity index (χ0n) is 9.24. The summed E-state index contributed by atoms with van der Waals surface area (Å²) in [6, 6.07) is 12.6. The third-order valence-corrected chi connectivity index (χ3v) is 3.19. The van der Waals surface area contributed by atoms with Crippen LogP contribution in [0.2, 0.25) is 5.02 Å². The van der Waals surface area contributed by atoms with Gasteiger partial charge in [-0.1, -0.05) is 27.5 Å². The second-order valence-electron chi connectivity index (χ2n) is 3.66. The number of nitrogen functional groups attached to an aromatic ring is 1. The molecule has 18 heavy (non-hydrogen) atoms. The van der Waals surface area contributed by atoms with Crippen molar-refractivity contribution in [3.8, 4) is 6.07 Å². The number of nitriles is 1. The van der Waals surface area contributed by atoms with Crippen LogP contribution in [0.3, 0.4) is 0 Å². The molecule has 0 heterocycles. The molecule has 0 aliphatic carbocycles. The Hall–Kier alpha value is -1.70. The zero-order chi connectivity index (χ0) is 13.1. The molecule has 0 bridgehead atoms. The number of halogens is 2. The molecule has 0 saturated carbocycles. The van der Waals surface area contributed by atoms with E-state index < -0.39 is 0 Å². The van der Waals surface area contributed by atoms with Crippen molar-refractivity contribution in [1.29, 1.82) is 5.26 Å². The Balaban J connectivity index is 2.32. The molecule has 0 unspecified atom stereocenters. The topological polar surface area (TPSA) is 61.8 Å². The van der Waals surface area contributed by atoms with Crippen molar-refractivity contribution in [3.05, 3.63) is 51.5 Å². The lowest BCUT2D eigenvalue weighted by Gasteiger charge is -2.11. The summed E-state index contributed by atoms with van der Waals surface area (Å²) in [5, 5.41) is 12.5. The standard InChI is InChI=1S/C13H9BrClN3/c14-9-2-4-12(10(15)6-9)18-13-3-1-8(7-16)5-11(13)17/h1-6,18H,17H2. The molecule has 3 N–H and O–H groups in total. The Morgan fingerprint density at radius 2 is 1.89 bits per heavy atom. The van der Waals surface area contributed by atoms with Gasteiger partial charge >= 0.3 is 0 Å². The van der Waals surface area contributed by atoms with Crippen molar-refractivity contribution in [1.82, 2.24) is 0 Å². The number of benzene rings is 2. The number of nitrogens with two attached hydrogens (primary N) is 1. The van der Waals surface area contributed by atoms with Crippen LogP contribution in [0.5, 0.6) is 0 Å². The van der Waals surface area contributed by atoms with E-state index >= 15 is 0 Å². The molecule has 0 aliphatic rings. The number of nitrogens with one attached hydrogen (secondary N) is 1. The highest BCUT2D eigenvalue weighted by Crippen LogP contribution is 2.30. The molecule has 0 aliphatic heterocycles. The van der Waals surface area contributed by atoms with Gasteiger partial charge in [-0.2, -0.15) is 5.26 Å². The van der Waals surface area contributed by atoms with E-state index in [0.717, 1.165) is 15.8 Å². The lowest BCUT2D eigenvalue weighted by molar-refractivity contribution is 1.47. The average molecular weight is 323 g/mol. The van der Waals surface area contributed by atoms with Crippen LogP contribution in [0.25, 0.3) is 0 Å². The molecule has 90 valence electrons. The van der Waals surface area contributed by atoms with Gasteiger partial charge in [0, 0.05) is 4.47 Å². The lowest BCUT2D eigenvalue weighted by Crippen LogP contribution is -1.97. The van der Waals surface area contributed by atoms with Crippen LogP contribution in [-0.4, -0.2) is 0 Å². The Labute approximate surface area is 118 Å². The van der Waals surface area contributed by atoms with E-state index in [4.69, 9.17) is 22.6 Å². The SMILES string of the molecule is N#Cc1ccc(Nc2ccc(Br)cc2Cl)c(N)c1. The van der Waals surface area contributed by atoms with Crippen LogP contribution in [0.1, 0.15) is 5.56 Å². The van der Waals surface area contributed by atoms with Crippen molar-refractivity contribution in [2.75, 3.05) is 11.1 Å². The first kappa shape index (κ1) is 12.7. The second-order valence-corrected chi connectivity index (χ2v) is 4.99. The van der Waals surface area contributed by atoms with Gasteiger partial charge in [0.15, 0.2) is 0 Å².